The summed E-state index contributed by atoms with van der Waals surface area (Å²) in [4.78, 5) is 20.1. The molecule has 110 valence electrons. The molecule has 2 amide bonds. The molecule has 6 nitrogen and oxygen atoms in total. The number of piperazine rings is 1. The molecule has 2 rings (SSSR count). The molecular weight excluding hydrogens is 256 g/mol. The summed E-state index contributed by atoms with van der Waals surface area (Å²) in [5, 5.41) is 2.85. The Morgan fingerprint density at radius 1 is 1.30 bits per heavy atom. The second-order valence-electron chi connectivity index (χ2n) is 4.84. The molecule has 20 heavy (non-hydrogen) atoms. The quantitative estimate of drug-likeness (QED) is 0.799. The standard InChI is InChI=1S/C14H22N4O2/c1-20-11-6-16-14(19)18-9-7-17(8-10-18)12-13-2-4-15-5-3-13/h2-5H,6-12H2,1H3,(H,16,19). The minimum absolute atomic E-state index is 0.00520. The number of aromatic nitrogens is 1. The van der Waals surface area contributed by atoms with E-state index in [1.54, 1.807) is 7.11 Å². The van der Waals surface area contributed by atoms with E-state index in [0.29, 0.717) is 13.2 Å². The normalized spacial score (nSPS) is 16.1. The predicted octanol–water partition coefficient (Wildman–Crippen LogP) is 0.555. The Hall–Kier alpha value is -1.66. The lowest BCUT2D eigenvalue weighted by molar-refractivity contribution is 0.132. The van der Waals surface area contributed by atoms with Crippen LogP contribution in [0.4, 0.5) is 4.79 Å². The van der Waals surface area contributed by atoms with Crippen LogP contribution in [0.25, 0.3) is 0 Å². The minimum atomic E-state index is 0.00520. The van der Waals surface area contributed by atoms with Crippen LogP contribution in [0, 0.1) is 0 Å². The zero-order valence-corrected chi connectivity index (χ0v) is 11.9. The lowest BCUT2D eigenvalue weighted by atomic mass is 10.2. The first kappa shape index (κ1) is 14.7. The van der Waals surface area contributed by atoms with E-state index < -0.39 is 0 Å². The van der Waals surface area contributed by atoms with Crippen LogP contribution in [0.15, 0.2) is 24.5 Å². The number of urea groups is 1. The molecule has 0 bridgehead atoms. The molecule has 0 radical (unpaired) electrons. The molecule has 1 fully saturated rings. The van der Waals surface area contributed by atoms with Gasteiger partial charge in [-0.2, -0.15) is 0 Å². The number of nitrogens with zero attached hydrogens (tertiary/aromatic N) is 3. The van der Waals surface area contributed by atoms with Crippen molar-refractivity contribution in [2.24, 2.45) is 0 Å². The number of rotatable bonds is 5. The van der Waals surface area contributed by atoms with Crippen molar-refractivity contribution in [2.45, 2.75) is 6.54 Å². The van der Waals surface area contributed by atoms with E-state index in [4.69, 9.17) is 4.74 Å². The highest BCUT2D eigenvalue weighted by Crippen LogP contribution is 2.07. The fourth-order valence-corrected chi connectivity index (χ4v) is 2.23. The van der Waals surface area contributed by atoms with Gasteiger partial charge in [0.05, 0.1) is 6.61 Å². The molecule has 1 aliphatic rings. The fourth-order valence-electron chi connectivity index (χ4n) is 2.23. The third-order valence-corrected chi connectivity index (χ3v) is 3.40. The highest BCUT2D eigenvalue weighted by Gasteiger charge is 2.20. The Morgan fingerprint density at radius 2 is 2.00 bits per heavy atom. The van der Waals surface area contributed by atoms with Gasteiger partial charge in [-0.05, 0) is 17.7 Å². The van der Waals surface area contributed by atoms with Gasteiger partial charge in [0.2, 0.25) is 0 Å². The van der Waals surface area contributed by atoms with E-state index >= 15 is 0 Å². The number of pyridine rings is 1. The number of hydrogen-bond donors (Lipinski definition) is 1. The summed E-state index contributed by atoms with van der Waals surface area (Å²) in [5.74, 6) is 0. The van der Waals surface area contributed by atoms with Crippen molar-refractivity contribution in [3.05, 3.63) is 30.1 Å². The van der Waals surface area contributed by atoms with Crippen molar-refractivity contribution < 1.29 is 9.53 Å². The number of amides is 2. The summed E-state index contributed by atoms with van der Waals surface area (Å²) in [6, 6.07) is 4.07. The zero-order valence-electron chi connectivity index (χ0n) is 11.9. The number of nitrogens with one attached hydrogen (secondary N) is 1. The maximum atomic E-state index is 11.9. The second-order valence-corrected chi connectivity index (χ2v) is 4.84. The lowest BCUT2D eigenvalue weighted by Gasteiger charge is -2.34. The van der Waals surface area contributed by atoms with Crippen LogP contribution in [-0.2, 0) is 11.3 Å². The van der Waals surface area contributed by atoms with E-state index in [2.05, 4.69) is 15.2 Å². The topological polar surface area (TPSA) is 57.7 Å². The maximum Gasteiger partial charge on any atom is 0.317 e. The molecule has 0 unspecified atom stereocenters. The second kappa shape index (κ2) is 7.81. The molecule has 1 N–H and O–H groups in total. The van der Waals surface area contributed by atoms with Gasteiger partial charge < -0.3 is 15.0 Å². The van der Waals surface area contributed by atoms with Gasteiger partial charge in [0.1, 0.15) is 0 Å². The molecule has 0 aliphatic carbocycles. The van der Waals surface area contributed by atoms with Crippen molar-refractivity contribution in [1.82, 2.24) is 20.1 Å². The van der Waals surface area contributed by atoms with Crippen molar-refractivity contribution >= 4 is 6.03 Å². The van der Waals surface area contributed by atoms with Gasteiger partial charge in [-0.25, -0.2) is 4.79 Å². The summed E-state index contributed by atoms with van der Waals surface area (Å²) < 4.78 is 4.92. The first-order chi connectivity index (χ1) is 9.79. The summed E-state index contributed by atoms with van der Waals surface area (Å²) in [7, 11) is 1.63. The molecule has 0 atom stereocenters. The number of carbonyl (C=O) groups is 1. The summed E-state index contributed by atoms with van der Waals surface area (Å²) >= 11 is 0. The third-order valence-electron chi connectivity index (χ3n) is 3.40. The molecule has 1 aromatic heterocycles. The molecule has 1 aliphatic heterocycles. The Balaban J connectivity index is 1.71. The van der Waals surface area contributed by atoms with Gasteiger partial charge in [0.25, 0.3) is 0 Å². The number of methoxy groups -OCH3 is 1. The molecule has 0 aromatic carbocycles. The fraction of sp³-hybridized carbons (Fsp3) is 0.571. The van der Waals surface area contributed by atoms with E-state index in [1.165, 1.54) is 5.56 Å². The highest BCUT2D eigenvalue weighted by atomic mass is 16.5. The molecule has 0 saturated carbocycles. The monoisotopic (exact) mass is 278 g/mol. The predicted molar refractivity (Wildman–Crippen MR) is 76.4 cm³/mol. The van der Waals surface area contributed by atoms with Gasteiger partial charge in [0, 0.05) is 58.8 Å². The number of ether oxygens (including phenoxy) is 1. The van der Waals surface area contributed by atoms with Crippen LogP contribution in [0.1, 0.15) is 5.56 Å². The molecule has 1 saturated heterocycles. The Morgan fingerprint density at radius 3 is 2.65 bits per heavy atom. The van der Waals surface area contributed by atoms with Gasteiger partial charge >= 0.3 is 6.03 Å². The molecule has 2 heterocycles. The minimum Gasteiger partial charge on any atom is -0.383 e. The average Bonchev–Trinajstić information content (AvgIpc) is 2.49. The molecule has 0 spiro atoms. The third kappa shape index (κ3) is 4.47. The van der Waals surface area contributed by atoms with E-state index in [0.717, 1.165) is 32.7 Å². The van der Waals surface area contributed by atoms with Gasteiger partial charge in [-0.1, -0.05) is 0 Å². The highest BCUT2D eigenvalue weighted by molar-refractivity contribution is 5.74. The molecule has 1 aromatic rings. The van der Waals surface area contributed by atoms with Gasteiger partial charge in [-0.3, -0.25) is 9.88 Å². The van der Waals surface area contributed by atoms with Crippen molar-refractivity contribution in [2.75, 3.05) is 46.4 Å². The van der Waals surface area contributed by atoms with E-state index in [1.807, 2.05) is 29.4 Å². The van der Waals surface area contributed by atoms with Crippen LogP contribution in [0.3, 0.4) is 0 Å². The first-order valence-electron chi connectivity index (χ1n) is 6.92. The maximum absolute atomic E-state index is 11.9. The van der Waals surface area contributed by atoms with Crippen LogP contribution in [0.5, 0.6) is 0 Å². The Kier molecular flexibility index (Phi) is 5.76. The Labute approximate surface area is 119 Å². The van der Waals surface area contributed by atoms with Crippen LogP contribution >= 0.6 is 0 Å². The molecular formula is C14H22N4O2. The first-order valence-corrected chi connectivity index (χ1v) is 6.92. The summed E-state index contributed by atoms with van der Waals surface area (Å²) in [5.41, 5.74) is 1.26. The van der Waals surface area contributed by atoms with Crippen molar-refractivity contribution in [3.8, 4) is 0 Å². The van der Waals surface area contributed by atoms with E-state index in [-0.39, 0.29) is 6.03 Å². The smallest absolute Gasteiger partial charge is 0.317 e. The van der Waals surface area contributed by atoms with Crippen molar-refractivity contribution in [3.63, 3.8) is 0 Å². The zero-order chi connectivity index (χ0) is 14.2. The number of carbonyl (C=O) groups excluding carboxylic acids is 1. The Bertz CT molecular complexity index is 405. The van der Waals surface area contributed by atoms with E-state index in [9.17, 15) is 4.79 Å². The largest absolute Gasteiger partial charge is 0.383 e. The SMILES string of the molecule is COCCNC(=O)N1CCN(Cc2ccncc2)CC1. The lowest BCUT2D eigenvalue weighted by Crippen LogP contribution is -2.51. The van der Waals surface area contributed by atoms with Crippen LogP contribution in [0.2, 0.25) is 0 Å². The molecule has 6 heteroatoms. The van der Waals surface area contributed by atoms with Gasteiger partial charge in [-0.15, -0.1) is 0 Å². The summed E-state index contributed by atoms with van der Waals surface area (Å²) in [6.07, 6.45) is 3.63. The van der Waals surface area contributed by atoms with Gasteiger partial charge in [0.15, 0.2) is 0 Å². The number of hydrogen-bond acceptors (Lipinski definition) is 4. The van der Waals surface area contributed by atoms with Crippen LogP contribution < -0.4 is 5.32 Å². The van der Waals surface area contributed by atoms with Crippen molar-refractivity contribution in [1.29, 1.82) is 0 Å². The van der Waals surface area contributed by atoms with Crippen LogP contribution in [-0.4, -0.2) is 67.3 Å². The average molecular weight is 278 g/mol. The summed E-state index contributed by atoms with van der Waals surface area (Å²) in [6.45, 7) is 5.37.